The summed E-state index contributed by atoms with van der Waals surface area (Å²) >= 11 is 0. The molecule has 1 atom stereocenters. The summed E-state index contributed by atoms with van der Waals surface area (Å²) in [6.45, 7) is 2.88. The highest BCUT2D eigenvalue weighted by Gasteiger charge is 2.46. The van der Waals surface area contributed by atoms with Gasteiger partial charge in [0.15, 0.2) is 5.75 Å². The van der Waals surface area contributed by atoms with Crippen molar-refractivity contribution in [2.24, 2.45) is 5.92 Å². The number of hydrogen-bond donors (Lipinski definition) is 1. The third-order valence-corrected chi connectivity index (χ3v) is 3.68. The third-order valence-electron chi connectivity index (χ3n) is 3.68. The molecule has 0 aliphatic heterocycles. The quantitative estimate of drug-likeness (QED) is 0.587. The predicted octanol–water partition coefficient (Wildman–Crippen LogP) is 2.65. The van der Waals surface area contributed by atoms with E-state index in [1.807, 2.05) is 6.92 Å². The third kappa shape index (κ3) is 3.50. The van der Waals surface area contributed by atoms with Crippen LogP contribution in [-0.4, -0.2) is 23.6 Å². The zero-order chi connectivity index (χ0) is 15.3. The van der Waals surface area contributed by atoms with Crippen molar-refractivity contribution in [2.45, 2.75) is 31.7 Å². The van der Waals surface area contributed by atoms with Crippen LogP contribution in [0, 0.1) is 27.4 Å². The van der Waals surface area contributed by atoms with E-state index in [1.54, 1.807) is 18.2 Å². The van der Waals surface area contributed by atoms with Gasteiger partial charge in [0.25, 0.3) is 0 Å². The molecule has 1 aromatic rings. The Morgan fingerprint density at radius 1 is 1.52 bits per heavy atom. The number of nitro benzene ring substituents is 1. The van der Waals surface area contributed by atoms with Crippen LogP contribution in [0.25, 0.3) is 0 Å². The van der Waals surface area contributed by atoms with Crippen LogP contribution in [0.1, 0.15) is 26.2 Å². The van der Waals surface area contributed by atoms with Crippen LogP contribution < -0.4 is 10.1 Å². The molecule has 6 heteroatoms. The van der Waals surface area contributed by atoms with Crippen molar-refractivity contribution in [3.63, 3.8) is 0 Å². The molecule has 2 rings (SSSR count). The number of nitrogens with zero attached hydrogens (tertiary/aromatic N) is 2. The standard InChI is InChI=1S/C15H19N3O3/c1-2-9-17-15(10-16,12-7-8-12)11-21-14-6-4-3-5-13(14)18(19)20/h3-6,12,17H,2,7-9,11H2,1H3. The Bertz CT molecular complexity index is 551. The van der Waals surface area contributed by atoms with E-state index in [0.717, 1.165) is 25.8 Å². The van der Waals surface area contributed by atoms with Crippen LogP contribution in [0.2, 0.25) is 0 Å². The van der Waals surface area contributed by atoms with Crippen molar-refractivity contribution in [1.82, 2.24) is 5.32 Å². The molecule has 21 heavy (non-hydrogen) atoms. The van der Waals surface area contributed by atoms with Crippen molar-refractivity contribution >= 4 is 5.69 Å². The Labute approximate surface area is 123 Å². The second kappa shape index (κ2) is 6.55. The van der Waals surface area contributed by atoms with Crippen LogP contribution in [-0.2, 0) is 0 Å². The fourth-order valence-corrected chi connectivity index (χ4v) is 2.32. The topological polar surface area (TPSA) is 88.2 Å². The molecule has 1 aromatic carbocycles. The Hall–Kier alpha value is -2.13. The Morgan fingerprint density at radius 2 is 2.24 bits per heavy atom. The molecule has 1 aliphatic carbocycles. The van der Waals surface area contributed by atoms with Gasteiger partial charge >= 0.3 is 5.69 Å². The van der Waals surface area contributed by atoms with E-state index in [9.17, 15) is 15.4 Å². The Kier molecular flexibility index (Phi) is 4.76. The fourth-order valence-electron chi connectivity index (χ4n) is 2.32. The minimum atomic E-state index is -0.750. The van der Waals surface area contributed by atoms with E-state index in [1.165, 1.54) is 6.07 Å². The molecule has 1 aliphatic rings. The maximum absolute atomic E-state index is 11.0. The van der Waals surface area contributed by atoms with Crippen molar-refractivity contribution in [1.29, 1.82) is 5.26 Å². The summed E-state index contributed by atoms with van der Waals surface area (Å²) in [6.07, 6.45) is 2.90. The largest absolute Gasteiger partial charge is 0.484 e. The summed E-state index contributed by atoms with van der Waals surface area (Å²) in [5, 5.41) is 23.8. The maximum atomic E-state index is 11.0. The molecule has 0 saturated heterocycles. The maximum Gasteiger partial charge on any atom is 0.310 e. The minimum absolute atomic E-state index is 0.0735. The second-order valence-electron chi connectivity index (χ2n) is 5.30. The number of hydrogen-bond acceptors (Lipinski definition) is 5. The molecule has 0 bridgehead atoms. The summed E-state index contributed by atoms with van der Waals surface area (Å²) < 4.78 is 5.63. The summed E-state index contributed by atoms with van der Waals surface area (Å²) in [5.41, 5.74) is -0.824. The number of nitro groups is 1. The first-order chi connectivity index (χ1) is 10.1. The summed E-state index contributed by atoms with van der Waals surface area (Å²) in [7, 11) is 0. The lowest BCUT2D eigenvalue weighted by atomic mass is 9.96. The van der Waals surface area contributed by atoms with Crippen molar-refractivity contribution in [2.75, 3.05) is 13.2 Å². The Morgan fingerprint density at radius 3 is 2.81 bits per heavy atom. The monoisotopic (exact) mass is 289 g/mol. The molecular weight excluding hydrogens is 270 g/mol. The molecule has 0 radical (unpaired) electrons. The second-order valence-corrected chi connectivity index (χ2v) is 5.30. The van der Waals surface area contributed by atoms with Crippen molar-refractivity contribution in [3.8, 4) is 11.8 Å². The van der Waals surface area contributed by atoms with E-state index in [0.29, 0.717) is 0 Å². The average molecular weight is 289 g/mol. The first kappa shape index (κ1) is 15.3. The molecule has 0 heterocycles. The summed E-state index contributed by atoms with van der Waals surface area (Å²) in [5.74, 6) is 0.470. The lowest BCUT2D eigenvalue weighted by molar-refractivity contribution is -0.385. The van der Waals surface area contributed by atoms with E-state index in [2.05, 4.69) is 11.4 Å². The average Bonchev–Trinajstić information content (AvgIpc) is 3.33. The number of nitriles is 1. The number of benzene rings is 1. The van der Waals surface area contributed by atoms with Gasteiger partial charge in [-0.1, -0.05) is 19.1 Å². The fraction of sp³-hybridized carbons (Fsp3) is 0.533. The zero-order valence-corrected chi connectivity index (χ0v) is 12.0. The summed E-state index contributed by atoms with van der Waals surface area (Å²) in [4.78, 5) is 10.5. The summed E-state index contributed by atoms with van der Waals surface area (Å²) in [6, 6.07) is 8.57. The smallest absolute Gasteiger partial charge is 0.310 e. The minimum Gasteiger partial charge on any atom is -0.484 e. The predicted molar refractivity (Wildman–Crippen MR) is 78.0 cm³/mol. The van der Waals surface area contributed by atoms with Crippen LogP contribution in [0.15, 0.2) is 24.3 Å². The van der Waals surface area contributed by atoms with Gasteiger partial charge in [-0.05, 0) is 37.8 Å². The molecular formula is C15H19N3O3. The number of nitrogens with one attached hydrogen (secondary N) is 1. The van der Waals surface area contributed by atoms with Gasteiger partial charge in [-0.25, -0.2) is 0 Å². The lowest BCUT2D eigenvalue weighted by Crippen LogP contribution is -2.51. The van der Waals surface area contributed by atoms with Gasteiger partial charge < -0.3 is 4.74 Å². The molecule has 112 valence electrons. The van der Waals surface area contributed by atoms with E-state index in [4.69, 9.17) is 4.74 Å². The molecule has 1 saturated carbocycles. The van der Waals surface area contributed by atoms with Crippen molar-refractivity contribution in [3.05, 3.63) is 34.4 Å². The molecule has 0 spiro atoms. The van der Waals surface area contributed by atoms with Crippen LogP contribution >= 0.6 is 0 Å². The van der Waals surface area contributed by atoms with Crippen LogP contribution in [0.3, 0.4) is 0 Å². The van der Waals surface area contributed by atoms with Crippen LogP contribution in [0.4, 0.5) is 5.69 Å². The molecule has 6 nitrogen and oxygen atoms in total. The van der Waals surface area contributed by atoms with E-state index < -0.39 is 10.5 Å². The highest BCUT2D eigenvalue weighted by atomic mass is 16.6. The van der Waals surface area contributed by atoms with E-state index in [-0.39, 0.29) is 24.0 Å². The number of rotatable bonds is 8. The Balaban J connectivity index is 2.12. The molecule has 1 unspecified atom stereocenters. The number of ether oxygens (including phenoxy) is 1. The van der Waals surface area contributed by atoms with E-state index >= 15 is 0 Å². The van der Waals surface area contributed by atoms with Crippen molar-refractivity contribution < 1.29 is 9.66 Å². The molecule has 0 amide bonds. The first-order valence-corrected chi connectivity index (χ1v) is 7.15. The number of para-hydroxylation sites is 2. The molecule has 1 N–H and O–H groups in total. The molecule has 0 aromatic heterocycles. The normalized spacial score (nSPS) is 16.8. The molecule has 1 fully saturated rings. The van der Waals surface area contributed by atoms with Gasteiger partial charge in [0.1, 0.15) is 12.1 Å². The zero-order valence-electron chi connectivity index (χ0n) is 12.0. The van der Waals surface area contributed by atoms with Gasteiger partial charge in [-0.2, -0.15) is 5.26 Å². The highest BCUT2D eigenvalue weighted by molar-refractivity contribution is 5.45. The highest BCUT2D eigenvalue weighted by Crippen LogP contribution is 2.40. The van der Waals surface area contributed by atoms with Gasteiger partial charge in [0, 0.05) is 6.07 Å². The van der Waals surface area contributed by atoms with Crippen LogP contribution in [0.5, 0.6) is 5.75 Å². The lowest BCUT2D eigenvalue weighted by Gasteiger charge is -2.27. The van der Waals surface area contributed by atoms with Gasteiger partial charge in [0.2, 0.25) is 0 Å². The van der Waals surface area contributed by atoms with Gasteiger partial charge in [0.05, 0.1) is 11.0 Å². The van der Waals surface area contributed by atoms with Gasteiger partial charge in [-0.3, -0.25) is 15.4 Å². The SMILES string of the molecule is CCCNC(C#N)(COc1ccccc1[N+](=O)[O-])C1CC1. The van der Waals surface area contributed by atoms with Gasteiger partial charge in [-0.15, -0.1) is 0 Å². The first-order valence-electron chi connectivity index (χ1n) is 7.15.